The second kappa shape index (κ2) is 5.71. The molecule has 0 atom stereocenters. The summed E-state index contributed by atoms with van der Waals surface area (Å²) < 4.78 is 5.11. The molecule has 1 amide bonds. The van der Waals surface area contributed by atoms with E-state index in [9.17, 15) is 14.7 Å². The molecule has 0 saturated heterocycles. The first kappa shape index (κ1) is 14.7. The van der Waals surface area contributed by atoms with Crippen LogP contribution in [0.1, 0.15) is 29.6 Å². The first-order valence-corrected chi connectivity index (χ1v) is 6.71. The molecule has 1 aromatic rings. The number of carboxylic acids is 1. The standard InChI is InChI=1S/C14H16ClNO4/c1-20-11-4-3-9(15)7-10(11)12(17)16-8-14(13(18)19)5-2-6-14/h3-4,7H,2,5-6,8H2,1H3,(H,16,17)(H,18,19). The first-order chi connectivity index (χ1) is 9.48. The van der Waals surface area contributed by atoms with E-state index in [0.717, 1.165) is 6.42 Å². The monoisotopic (exact) mass is 297 g/mol. The van der Waals surface area contributed by atoms with Crippen molar-refractivity contribution in [2.45, 2.75) is 19.3 Å². The van der Waals surface area contributed by atoms with E-state index in [1.54, 1.807) is 12.1 Å². The van der Waals surface area contributed by atoms with Gasteiger partial charge >= 0.3 is 5.97 Å². The van der Waals surface area contributed by atoms with Gasteiger partial charge in [0, 0.05) is 11.6 Å². The van der Waals surface area contributed by atoms with Crippen molar-refractivity contribution in [2.75, 3.05) is 13.7 Å². The van der Waals surface area contributed by atoms with Gasteiger partial charge in [-0.3, -0.25) is 9.59 Å². The van der Waals surface area contributed by atoms with Crippen LogP contribution < -0.4 is 10.1 Å². The van der Waals surface area contributed by atoms with Crippen molar-refractivity contribution in [1.82, 2.24) is 5.32 Å². The number of amides is 1. The molecule has 2 N–H and O–H groups in total. The summed E-state index contributed by atoms with van der Waals surface area (Å²) in [6, 6.07) is 4.74. The van der Waals surface area contributed by atoms with Crippen molar-refractivity contribution in [3.8, 4) is 5.75 Å². The highest BCUT2D eigenvalue weighted by Crippen LogP contribution is 2.40. The van der Waals surface area contributed by atoms with Crippen LogP contribution in [-0.4, -0.2) is 30.6 Å². The molecule has 1 aliphatic rings. The third kappa shape index (κ3) is 2.72. The maximum absolute atomic E-state index is 12.1. The van der Waals surface area contributed by atoms with Gasteiger partial charge in [-0.2, -0.15) is 0 Å². The van der Waals surface area contributed by atoms with Gasteiger partial charge in [0.05, 0.1) is 18.1 Å². The smallest absolute Gasteiger partial charge is 0.311 e. The second-order valence-electron chi connectivity index (χ2n) is 4.97. The Morgan fingerprint density at radius 1 is 1.45 bits per heavy atom. The molecular formula is C14H16ClNO4. The number of hydrogen-bond donors (Lipinski definition) is 2. The van der Waals surface area contributed by atoms with Crippen LogP contribution in [-0.2, 0) is 4.79 Å². The SMILES string of the molecule is COc1ccc(Cl)cc1C(=O)NCC1(C(=O)O)CCC1. The number of benzene rings is 1. The normalized spacial score (nSPS) is 16.1. The fourth-order valence-corrected chi connectivity index (χ4v) is 2.44. The van der Waals surface area contributed by atoms with E-state index in [-0.39, 0.29) is 12.5 Å². The zero-order valence-electron chi connectivity index (χ0n) is 11.1. The fraction of sp³-hybridized carbons (Fsp3) is 0.429. The van der Waals surface area contributed by atoms with Crippen molar-refractivity contribution < 1.29 is 19.4 Å². The Labute approximate surface area is 121 Å². The van der Waals surface area contributed by atoms with Crippen LogP contribution in [0.3, 0.4) is 0 Å². The molecule has 6 heteroatoms. The average molecular weight is 298 g/mol. The molecule has 1 aromatic carbocycles. The summed E-state index contributed by atoms with van der Waals surface area (Å²) in [5.41, 5.74) is -0.513. The molecule has 1 fully saturated rings. The molecule has 5 nitrogen and oxygen atoms in total. The first-order valence-electron chi connectivity index (χ1n) is 6.34. The van der Waals surface area contributed by atoms with Gasteiger partial charge in [-0.25, -0.2) is 0 Å². The second-order valence-corrected chi connectivity index (χ2v) is 5.40. The predicted octanol–water partition coefficient (Wildman–Crippen LogP) is 2.33. The van der Waals surface area contributed by atoms with Crippen molar-refractivity contribution >= 4 is 23.5 Å². The molecule has 0 radical (unpaired) electrons. The minimum Gasteiger partial charge on any atom is -0.496 e. The van der Waals surface area contributed by atoms with Gasteiger partial charge in [0.2, 0.25) is 0 Å². The molecule has 1 saturated carbocycles. The third-order valence-corrected chi connectivity index (χ3v) is 3.99. The van der Waals surface area contributed by atoms with Crippen LogP contribution in [0.5, 0.6) is 5.75 Å². The molecule has 0 aliphatic heterocycles. The predicted molar refractivity (Wildman–Crippen MR) is 74.3 cm³/mol. The number of ether oxygens (including phenoxy) is 1. The molecular weight excluding hydrogens is 282 g/mol. The van der Waals surface area contributed by atoms with Crippen LogP contribution in [0.2, 0.25) is 5.02 Å². The van der Waals surface area contributed by atoms with E-state index in [1.807, 2.05) is 0 Å². The molecule has 108 valence electrons. The number of methoxy groups -OCH3 is 1. The lowest BCUT2D eigenvalue weighted by atomic mass is 9.69. The number of aliphatic carboxylic acids is 1. The van der Waals surface area contributed by atoms with Crippen molar-refractivity contribution in [2.24, 2.45) is 5.41 Å². The largest absolute Gasteiger partial charge is 0.496 e. The Morgan fingerprint density at radius 3 is 2.65 bits per heavy atom. The number of hydrogen-bond acceptors (Lipinski definition) is 3. The number of carbonyl (C=O) groups is 2. The van der Waals surface area contributed by atoms with Gasteiger partial charge in [0.15, 0.2) is 0 Å². The zero-order valence-corrected chi connectivity index (χ0v) is 11.9. The third-order valence-electron chi connectivity index (χ3n) is 3.76. The topological polar surface area (TPSA) is 75.6 Å². The highest BCUT2D eigenvalue weighted by molar-refractivity contribution is 6.31. The van der Waals surface area contributed by atoms with Crippen LogP contribution in [0.15, 0.2) is 18.2 Å². The van der Waals surface area contributed by atoms with Gasteiger partial charge in [-0.1, -0.05) is 18.0 Å². The Hall–Kier alpha value is -1.75. The van der Waals surface area contributed by atoms with Gasteiger partial charge in [0.25, 0.3) is 5.91 Å². The van der Waals surface area contributed by atoms with Crippen LogP contribution in [0, 0.1) is 5.41 Å². The summed E-state index contributed by atoms with van der Waals surface area (Å²) in [6.45, 7) is 0.122. The fourth-order valence-electron chi connectivity index (χ4n) is 2.27. The number of carbonyl (C=O) groups excluding carboxylic acids is 1. The van der Waals surface area contributed by atoms with Crippen LogP contribution in [0.4, 0.5) is 0 Å². The van der Waals surface area contributed by atoms with Gasteiger partial charge in [-0.15, -0.1) is 0 Å². The van der Waals surface area contributed by atoms with E-state index in [1.165, 1.54) is 13.2 Å². The maximum Gasteiger partial charge on any atom is 0.311 e. The van der Waals surface area contributed by atoms with Crippen LogP contribution in [0.25, 0.3) is 0 Å². The summed E-state index contributed by atoms with van der Waals surface area (Å²) >= 11 is 5.87. The zero-order chi connectivity index (χ0) is 14.8. The number of rotatable bonds is 5. The number of nitrogens with one attached hydrogen (secondary N) is 1. The molecule has 0 bridgehead atoms. The van der Waals surface area contributed by atoms with Gasteiger partial charge in [-0.05, 0) is 31.0 Å². The van der Waals surface area contributed by atoms with Crippen LogP contribution >= 0.6 is 11.6 Å². The molecule has 0 heterocycles. The number of carboxylic acid groups (broad SMARTS) is 1. The maximum atomic E-state index is 12.1. The quantitative estimate of drug-likeness (QED) is 0.874. The van der Waals surface area contributed by atoms with Crippen molar-refractivity contribution in [3.63, 3.8) is 0 Å². The number of halogens is 1. The highest BCUT2D eigenvalue weighted by Gasteiger charge is 2.44. The average Bonchev–Trinajstić information content (AvgIpc) is 2.36. The van der Waals surface area contributed by atoms with E-state index < -0.39 is 11.4 Å². The van der Waals surface area contributed by atoms with Gasteiger partial charge in [0.1, 0.15) is 5.75 Å². The Morgan fingerprint density at radius 2 is 2.15 bits per heavy atom. The molecule has 1 aliphatic carbocycles. The summed E-state index contributed by atoms with van der Waals surface area (Å²) in [5, 5.41) is 12.3. The molecule has 0 spiro atoms. The molecule has 0 unspecified atom stereocenters. The highest BCUT2D eigenvalue weighted by atomic mass is 35.5. The lowest BCUT2D eigenvalue weighted by Gasteiger charge is -2.37. The van der Waals surface area contributed by atoms with Crippen molar-refractivity contribution in [1.29, 1.82) is 0 Å². The Balaban J connectivity index is 2.09. The lowest BCUT2D eigenvalue weighted by molar-refractivity contribution is -0.153. The Kier molecular flexibility index (Phi) is 4.18. The lowest BCUT2D eigenvalue weighted by Crippen LogP contribution is -2.47. The van der Waals surface area contributed by atoms with E-state index >= 15 is 0 Å². The Bertz CT molecular complexity index is 540. The summed E-state index contributed by atoms with van der Waals surface area (Å²) in [4.78, 5) is 23.4. The minimum atomic E-state index is -0.859. The molecule has 20 heavy (non-hydrogen) atoms. The molecule has 2 rings (SSSR count). The van der Waals surface area contributed by atoms with E-state index in [0.29, 0.717) is 29.2 Å². The van der Waals surface area contributed by atoms with Gasteiger partial charge < -0.3 is 15.2 Å². The van der Waals surface area contributed by atoms with E-state index in [4.69, 9.17) is 16.3 Å². The van der Waals surface area contributed by atoms with Crippen molar-refractivity contribution in [3.05, 3.63) is 28.8 Å². The summed E-state index contributed by atoms with van der Waals surface area (Å²) in [6.07, 6.45) is 2.06. The molecule has 0 aromatic heterocycles. The summed E-state index contributed by atoms with van der Waals surface area (Å²) in [7, 11) is 1.46. The van der Waals surface area contributed by atoms with E-state index in [2.05, 4.69) is 5.32 Å². The minimum absolute atomic E-state index is 0.122. The summed E-state index contributed by atoms with van der Waals surface area (Å²) in [5.74, 6) is -0.830.